The van der Waals surface area contributed by atoms with Crippen LogP contribution in [0.5, 0.6) is 5.75 Å². The van der Waals surface area contributed by atoms with Crippen LogP contribution >= 0.6 is 0 Å². The fourth-order valence-electron chi connectivity index (χ4n) is 2.39. The zero-order valence-corrected chi connectivity index (χ0v) is 10.7. The van der Waals surface area contributed by atoms with Crippen LogP contribution in [-0.2, 0) is 11.2 Å². The van der Waals surface area contributed by atoms with Crippen molar-refractivity contribution in [1.82, 2.24) is 0 Å². The van der Waals surface area contributed by atoms with Crippen LogP contribution in [0.25, 0.3) is 0 Å². The maximum Gasteiger partial charge on any atom is 0.226 e. The molecule has 1 aliphatic rings. The Kier molecular flexibility index (Phi) is 3.36. The van der Waals surface area contributed by atoms with Gasteiger partial charge in [0.1, 0.15) is 5.75 Å². The lowest BCUT2D eigenvalue weighted by atomic mass is 9.93. The Hall–Kier alpha value is -1.51. The van der Waals surface area contributed by atoms with Gasteiger partial charge in [-0.2, -0.15) is 0 Å². The zero-order valence-electron chi connectivity index (χ0n) is 10.7. The van der Waals surface area contributed by atoms with Gasteiger partial charge in [-0.15, -0.1) is 0 Å². The quantitative estimate of drug-likeness (QED) is 0.786. The molecule has 1 aliphatic heterocycles. The number of hydrogen-bond donors (Lipinski definition) is 0. The van der Waals surface area contributed by atoms with E-state index in [1.54, 1.807) is 7.11 Å². The molecular formula is C14H19NO2. The van der Waals surface area contributed by atoms with Crippen molar-refractivity contribution < 1.29 is 9.53 Å². The number of benzene rings is 1. The van der Waals surface area contributed by atoms with Gasteiger partial charge in [0.15, 0.2) is 0 Å². The van der Waals surface area contributed by atoms with Gasteiger partial charge in [-0.25, -0.2) is 0 Å². The Morgan fingerprint density at radius 1 is 1.53 bits per heavy atom. The van der Waals surface area contributed by atoms with Crippen LogP contribution in [0.1, 0.15) is 25.8 Å². The number of rotatable bonds is 2. The van der Waals surface area contributed by atoms with E-state index < -0.39 is 0 Å². The highest BCUT2D eigenvalue weighted by atomic mass is 16.5. The number of fused-ring (bicyclic) bond motifs is 1. The summed E-state index contributed by atoms with van der Waals surface area (Å²) in [6.07, 6.45) is 1.57. The summed E-state index contributed by atoms with van der Waals surface area (Å²) in [5.74, 6) is 1.56. The van der Waals surface area contributed by atoms with Gasteiger partial charge >= 0.3 is 0 Å². The van der Waals surface area contributed by atoms with Gasteiger partial charge in [-0.1, -0.05) is 13.8 Å². The number of carbonyl (C=O) groups excluding carboxylic acids is 1. The predicted octanol–water partition coefficient (Wildman–Crippen LogP) is 2.63. The molecule has 1 aromatic rings. The van der Waals surface area contributed by atoms with Crippen LogP contribution in [0, 0.1) is 5.92 Å². The van der Waals surface area contributed by atoms with Crippen LogP contribution in [0.2, 0.25) is 0 Å². The topological polar surface area (TPSA) is 29.5 Å². The molecule has 0 spiro atoms. The molecule has 0 fully saturated rings. The van der Waals surface area contributed by atoms with Crippen LogP contribution in [0.3, 0.4) is 0 Å². The summed E-state index contributed by atoms with van der Waals surface area (Å²) >= 11 is 0. The highest BCUT2D eigenvalue weighted by Gasteiger charge is 2.25. The lowest BCUT2D eigenvalue weighted by Gasteiger charge is -2.33. The smallest absolute Gasteiger partial charge is 0.226 e. The summed E-state index contributed by atoms with van der Waals surface area (Å²) in [4.78, 5) is 13.8. The third-order valence-electron chi connectivity index (χ3n) is 3.24. The van der Waals surface area contributed by atoms with E-state index in [1.165, 1.54) is 5.56 Å². The molecule has 0 N–H and O–H groups in total. The van der Waals surface area contributed by atoms with Gasteiger partial charge in [0.05, 0.1) is 7.11 Å². The van der Waals surface area contributed by atoms with E-state index >= 15 is 0 Å². The first-order chi connectivity index (χ1) is 8.15. The normalized spacial score (nSPS) is 18.8. The highest BCUT2D eigenvalue weighted by molar-refractivity contribution is 5.94. The van der Waals surface area contributed by atoms with E-state index in [4.69, 9.17) is 4.74 Å². The SMILES string of the molecule is CCC(=O)N1CC(C)Cc2cc(OC)ccc21. The van der Waals surface area contributed by atoms with Crippen molar-refractivity contribution in [1.29, 1.82) is 0 Å². The molecule has 0 bridgehead atoms. The standard InChI is InChI=1S/C14H19NO2/c1-4-14(16)15-9-10(2)7-11-8-12(17-3)5-6-13(11)15/h5-6,8,10H,4,7,9H2,1-3H3. The number of nitrogens with zero attached hydrogens (tertiary/aromatic N) is 1. The van der Waals surface area contributed by atoms with E-state index in [0.717, 1.165) is 24.4 Å². The second-order valence-electron chi connectivity index (χ2n) is 4.66. The first-order valence-corrected chi connectivity index (χ1v) is 6.13. The Labute approximate surface area is 102 Å². The molecular weight excluding hydrogens is 214 g/mol. The summed E-state index contributed by atoms with van der Waals surface area (Å²) < 4.78 is 5.23. The van der Waals surface area contributed by atoms with Crippen molar-refractivity contribution in [2.24, 2.45) is 5.92 Å². The Bertz CT molecular complexity index is 428. The number of anilines is 1. The van der Waals surface area contributed by atoms with Crippen molar-refractivity contribution in [2.45, 2.75) is 26.7 Å². The Morgan fingerprint density at radius 2 is 2.29 bits per heavy atom. The molecule has 2 rings (SSSR count). The minimum Gasteiger partial charge on any atom is -0.497 e. The van der Waals surface area contributed by atoms with Crippen molar-refractivity contribution >= 4 is 11.6 Å². The second-order valence-corrected chi connectivity index (χ2v) is 4.66. The summed E-state index contributed by atoms with van der Waals surface area (Å²) in [6, 6.07) is 5.96. The number of amides is 1. The summed E-state index contributed by atoms with van der Waals surface area (Å²) in [6.45, 7) is 4.91. The zero-order chi connectivity index (χ0) is 12.4. The van der Waals surface area contributed by atoms with Crippen LogP contribution < -0.4 is 9.64 Å². The van der Waals surface area contributed by atoms with Crippen LogP contribution in [0.4, 0.5) is 5.69 Å². The minimum absolute atomic E-state index is 0.197. The van der Waals surface area contributed by atoms with E-state index in [0.29, 0.717) is 12.3 Å². The minimum atomic E-state index is 0.197. The summed E-state index contributed by atoms with van der Waals surface area (Å²) in [5, 5.41) is 0. The van der Waals surface area contributed by atoms with E-state index in [2.05, 4.69) is 6.92 Å². The predicted molar refractivity (Wildman–Crippen MR) is 68.5 cm³/mol. The molecule has 3 heteroatoms. The number of hydrogen-bond acceptors (Lipinski definition) is 2. The molecule has 0 saturated heterocycles. The third-order valence-corrected chi connectivity index (χ3v) is 3.24. The van der Waals surface area contributed by atoms with Crippen molar-refractivity contribution in [3.63, 3.8) is 0 Å². The number of carbonyl (C=O) groups is 1. The molecule has 1 unspecified atom stereocenters. The molecule has 0 radical (unpaired) electrons. The molecule has 3 nitrogen and oxygen atoms in total. The number of ether oxygens (including phenoxy) is 1. The molecule has 1 aromatic carbocycles. The maximum absolute atomic E-state index is 11.9. The lowest BCUT2D eigenvalue weighted by molar-refractivity contribution is -0.118. The van der Waals surface area contributed by atoms with Crippen molar-refractivity contribution in [2.75, 3.05) is 18.6 Å². The van der Waals surface area contributed by atoms with Gasteiger partial charge in [0, 0.05) is 18.7 Å². The number of methoxy groups -OCH3 is 1. The first kappa shape index (κ1) is 12.0. The summed E-state index contributed by atoms with van der Waals surface area (Å²) in [7, 11) is 1.67. The lowest BCUT2D eigenvalue weighted by Crippen LogP contribution is -2.38. The van der Waals surface area contributed by atoms with E-state index in [1.807, 2.05) is 30.0 Å². The molecule has 1 atom stereocenters. The molecule has 0 saturated carbocycles. The average Bonchev–Trinajstić information content (AvgIpc) is 2.35. The molecule has 0 aromatic heterocycles. The molecule has 0 aliphatic carbocycles. The molecule has 92 valence electrons. The van der Waals surface area contributed by atoms with Crippen LogP contribution in [0.15, 0.2) is 18.2 Å². The average molecular weight is 233 g/mol. The molecule has 1 amide bonds. The summed E-state index contributed by atoms with van der Waals surface area (Å²) in [5.41, 5.74) is 2.26. The maximum atomic E-state index is 11.9. The van der Waals surface area contributed by atoms with E-state index in [-0.39, 0.29) is 5.91 Å². The van der Waals surface area contributed by atoms with Gasteiger partial charge in [-0.3, -0.25) is 4.79 Å². The molecule has 1 heterocycles. The van der Waals surface area contributed by atoms with Gasteiger partial charge in [-0.05, 0) is 36.1 Å². The second kappa shape index (κ2) is 4.78. The van der Waals surface area contributed by atoms with Gasteiger partial charge in [0.2, 0.25) is 5.91 Å². The van der Waals surface area contributed by atoms with Gasteiger partial charge < -0.3 is 9.64 Å². The van der Waals surface area contributed by atoms with Crippen molar-refractivity contribution in [3.05, 3.63) is 23.8 Å². The largest absolute Gasteiger partial charge is 0.497 e. The van der Waals surface area contributed by atoms with Crippen LogP contribution in [-0.4, -0.2) is 19.6 Å². The molecule has 17 heavy (non-hydrogen) atoms. The third kappa shape index (κ3) is 2.28. The first-order valence-electron chi connectivity index (χ1n) is 6.13. The fourth-order valence-corrected chi connectivity index (χ4v) is 2.39. The Morgan fingerprint density at radius 3 is 2.94 bits per heavy atom. The van der Waals surface area contributed by atoms with Crippen molar-refractivity contribution in [3.8, 4) is 5.75 Å². The highest BCUT2D eigenvalue weighted by Crippen LogP contribution is 2.32. The monoisotopic (exact) mass is 233 g/mol. The van der Waals surface area contributed by atoms with Gasteiger partial charge in [0.25, 0.3) is 0 Å². The fraction of sp³-hybridized carbons (Fsp3) is 0.500. The van der Waals surface area contributed by atoms with E-state index in [9.17, 15) is 4.79 Å². The Balaban J connectivity index is 2.40.